The summed E-state index contributed by atoms with van der Waals surface area (Å²) in [5, 5.41) is 11.0. The maximum atomic E-state index is 12.0. The molecule has 0 spiro atoms. The number of hydrogen-bond acceptors (Lipinski definition) is 3. The minimum Gasteiger partial charge on any atom is -0.481 e. The van der Waals surface area contributed by atoms with Crippen molar-refractivity contribution in [2.75, 3.05) is 0 Å². The van der Waals surface area contributed by atoms with Gasteiger partial charge in [-0.15, -0.1) is 0 Å². The molecule has 1 aromatic rings. The fourth-order valence-electron chi connectivity index (χ4n) is 1.42. The molecule has 5 heteroatoms. The molecule has 0 aliphatic heterocycles. The van der Waals surface area contributed by atoms with Crippen molar-refractivity contribution in [3.63, 3.8) is 0 Å². The van der Waals surface area contributed by atoms with Crippen LogP contribution < -0.4 is 5.32 Å². The third-order valence-electron chi connectivity index (χ3n) is 2.26. The number of ketones is 1. The minimum atomic E-state index is -1.16. The highest BCUT2D eigenvalue weighted by Crippen LogP contribution is 2.06. The van der Waals surface area contributed by atoms with Gasteiger partial charge in [0.15, 0.2) is 5.78 Å². The second-order valence-electron chi connectivity index (χ2n) is 3.59. The number of hydrogen-bond donors (Lipinski definition) is 2. The van der Waals surface area contributed by atoms with Crippen LogP contribution in [0.1, 0.15) is 16.8 Å². The summed E-state index contributed by atoms with van der Waals surface area (Å²) < 4.78 is 0. The Hall–Kier alpha value is -2.43. The van der Waals surface area contributed by atoms with Gasteiger partial charge in [0.2, 0.25) is 5.91 Å². The van der Waals surface area contributed by atoms with Crippen LogP contribution in [-0.4, -0.2) is 28.8 Å². The Morgan fingerprint density at radius 3 is 2.39 bits per heavy atom. The standard InChI is InChI=1S/C13H13NO4/c1-2-11(15)14-10(8-12(16)17)13(18)9-6-4-3-5-7-9/h2-7,10H,1,8H2,(H,14,15)(H,16,17). The number of Topliss-reactive ketones (excluding diaryl/α,β-unsaturated/α-hetero) is 1. The van der Waals surface area contributed by atoms with E-state index in [9.17, 15) is 14.4 Å². The summed E-state index contributed by atoms with van der Waals surface area (Å²) >= 11 is 0. The number of amides is 1. The smallest absolute Gasteiger partial charge is 0.305 e. The molecule has 0 saturated heterocycles. The molecule has 0 aliphatic rings. The third-order valence-corrected chi connectivity index (χ3v) is 2.26. The minimum absolute atomic E-state index is 0.355. The van der Waals surface area contributed by atoms with Gasteiger partial charge in [-0.3, -0.25) is 14.4 Å². The molecule has 0 fully saturated rings. The van der Waals surface area contributed by atoms with Gasteiger partial charge in [-0.05, 0) is 6.08 Å². The average Bonchev–Trinajstić information content (AvgIpc) is 2.37. The number of carboxylic acid groups (broad SMARTS) is 1. The zero-order valence-corrected chi connectivity index (χ0v) is 9.63. The van der Waals surface area contributed by atoms with E-state index in [1.165, 1.54) is 0 Å². The van der Waals surface area contributed by atoms with Crippen LogP contribution in [0.25, 0.3) is 0 Å². The van der Waals surface area contributed by atoms with Gasteiger partial charge in [0.25, 0.3) is 0 Å². The molecule has 1 atom stereocenters. The highest BCUT2D eigenvalue weighted by atomic mass is 16.4. The van der Waals surface area contributed by atoms with Gasteiger partial charge in [-0.1, -0.05) is 36.9 Å². The average molecular weight is 247 g/mol. The normalized spacial score (nSPS) is 11.3. The summed E-state index contributed by atoms with van der Waals surface area (Å²) in [4.78, 5) is 33.9. The van der Waals surface area contributed by atoms with E-state index < -0.39 is 30.1 Å². The number of carboxylic acids is 1. The Morgan fingerprint density at radius 2 is 1.89 bits per heavy atom. The second-order valence-corrected chi connectivity index (χ2v) is 3.59. The zero-order chi connectivity index (χ0) is 13.5. The van der Waals surface area contributed by atoms with Crippen molar-refractivity contribution in [2.45, 2.75) is 12.5 Å². The van der Waals surface area contributed by atoms with Crippen LogP contribution in [0.4, 0.5) is 0 Å². The monoisotopic (exact) mass is 247 g/mol. The first-order valence-corrected chi connectivity index (χ1v) is 5.28. The van der Waals surface area contributed by atoms with Crippen molar-refractivity contribution in [2.24, 2.45) is 0 Å². The topological polar surface area (TPSA) is 83.5 Å². The van der Waals surface area contributed by atoms with Crippen molar-refractivity contribution in [1.82, 2.24) is 5.32 Å². The van der Waals surface area contributed by atoms with Crippen molar-refractivity contribution in [1.29, 1.82) is 0 Å². The van der Waals surface area contributed by atoms with Crippen LogP contribution >= 0.6 is 0 Å². The van der Waals surface area contributed by atoms with E-state index in [4.69, 9.17) is 5.11 Å². The summed E-state index contributed by atoms with van der Waals surface area (Å²) in [6.45, 7) is 3.25. The van der Waals surface area contributed by atoms with Crippen molar-refractivity contribution in [3.8, 4) is 0 Å². The Labute approximate surface area is 104 Å². The second kappa shape index (κ2) is 6.34. The molecular formula is C13H13NO4. The van der Waals surface area contributed by atoms with E-state index in [0.29, 0.717) is 5.56 Å². The van der Waals surface area contributed by atoms with Crippen LogP contribution in [-0.2, 0) is 9.59 Å². The first-order chi connectivity index (χ1) is 8.54. The number of benzene rings is 1. The fourth-order valence-corrected chi connectivity index (χ4v) is 1.42. The van der Waals surface area contributed by atoms with Crippen LogP contribution in [0.15, 0.2) is 43.0 Å². The largest absolute Gasteiger partial charge is 0.481 e. The van der Waals surface area contributed by atoms with Gasteiger partial charge in [-0.2, -0.15) is 0 Å². The Kier molecular flexibility index (Phi) is 4.80. The summed E-state index contributed by atoms with van der Waals surface area (Å²) in [6.07, 6.45) is 0.528. The molecule has 0 aromatic heterocycles. The molecule has 94 valence electrons. The maximum Gasteiger partial charge on any atom is 0.305 e. The summed E-state index contributed by atoms with van der Waals surface area (Å²) in [5.41, 5.74) is 0.355. The van der Waals surface area contributed by atoms with Crippen LogP contribution in [0.2, 0.25) is 0 Å². The predicted molar refractivity (Wildman–Crippen MR) is 65.2 cm³/mol. The number of aliphatic carboxylic acids is 1. The number of carbonyl (C=O) groups is 3. The lowest BCUT2D eigenvalue weighted by atomic mass is 10.0. The molecule has 18 heavy (non-hydrogen) atoms. The molecular weight excluding hydrogens is 234 g/mol. The van der Waals surface area contributed by atoms with Crippen molar-refractivity contribution in [3.05, 3.63) is 48.6 Å². The lowest BCUT2D eigenvalue weighted by molar-refractivity contribution is -0.137. The number of carbonyl (C=O) groups excluding carboxylic acids is 2. The van der Waals surface area contributed by atoms with Gasteiger partial charge < -0.3 is 10.4 Å². The molecule has 1 rings (SSSR count). The van der Waals surface area contributed by atoms with Crippen LogP contribution in [0, 0.1) is 0 Å². The van der Waals surface area contributed by atoms with E-state index in [0.717, 1.165) is 6.08 Å². The van der Waals surface area contributed by atoms with Crippen LogP contribution in [0.5, 0.6) is 0 Å². The van der Waals surface area contributed by atoms with Gasteiger partial charge >= 0.3 is 5.97 Å². The lowest BCUT2D eigenvalue weighted by Gasteiger charge is -2.14. The van der Waals surface area contributed by atoms with E-state index >= 15 is 0 Å². The highest BCUT2D eigenvalue weighted by Gasteiger charge is 2.23. The van der Waals surface area contributed by atoms with E-state index in [1.54, 1.807) is 30.3 Å². The van der Waals surface area contributed by atoms with E-state index in [-0.39, 0.29) is 0 Å². The zero-order valence-electron chi connectivity index (χ0n) is 9.63. The number of rotatable bonds is 6. The third kappa shape index (κ3) is 3.86. The Bertz CT molecular complexity index is 467. The van der Waals surface area contributed by atoms with Crippen LogP contribution in [0.3, 0.4) is 0 Å². The SMILES string of the molecule is C=CC(=O)NC(CC(=O)O)C(=O)c1ccccc1. The molecule has 1 aromatic carbocycles. The van der Waals surface area contributed by atoms with Gasteiger partial charge in [0.1, 0.15) is 6.04 Å². The van der Waals surface area contributed by atoms with E-state index in [1.807, 2.05) is 0 Å². The fraction of sp³-hybridized carbons (Fsp3) is 0.154. The maximum absolute atomic E-state index is 12.0. The van der Waals surface area contributed by atoms with E-state index in [2.05, 4.69) is 11.9 Å². The first kappa shape index (κ1) is 13.6. The van der Waals surface area contributed by atoms with Gasteiger partial charge in [-0.25, -0.2) is 0 Å². The molecule has 2 N–H and O–H groups in total. The number of nitrogens with one attached hydrogen (secondary N) is 1. The van der Waals surface area contributed by atoms with Gasteiger partial charge in [0.05, 0.1) is 6.42 Å². The summed E-state index contributed by atoms with van der Waals surface area (Å²) in [6, 6.07) is 7.12. The molecule has 0 bridgehead atoms. The molecule has 0 saturated carbocycles. The molecule has 1 unspecified atom stereocenters. The molecule has 0 radical (unpaired) electrons. The Balaban J connectivity index is 2.88. The first-order valence-electron chi connectivity index (χ1n) is 5.28. The molecule has 0 heterocycles. The molecule has 1 amide bonds. The van der Waals surface area contributed by atoms with Crippen molar-refractivity contribution >= 4 is 17.7 Å². The van der Waals surface area contributed by atoms with Gasteiger partial charge in [0, 0.05) is 5.56 Å². The predicted octanol–water partition coefficient (Wildman–Crippen LogP) is 1.01. The molecule has 0 aliphatic carbocycles. The summed E-state index contributed by atoms with van der Waals surface area (Å²) in [7, 11) is 0. The highest BCUT2D eigenvalue weighted by molar-refractivity contribution is 6.04. The lowest BCUT2D eigenvalue weighted by Crippen LogP contribution is -2.41. The summed E-state index contributed by atoms with van der Waals surface area (Å²) in [5.74, 6) is -2.17. The molecule has 5 nitrogen and oxygen atoms in total. The Morgan fingerprint density at radius 1 is 1.28 bits per heavy atom. The van der Waals surface area contributed by atoms with Crippen molar-refractivity contribution < 1.29 is 19.5 Å². The quantitative estimate of drug-likeness (QED) is 0.580.